The minimum atomic E-state index is -0.362. The lowest BCUT2D eigenvalue weighted by Crippen LogP contribution is -2.46. The molecule has 4 rings (SSSR count). The highest BCUT2D eigenvalue weighted by atomic mass is 19.1. The first kappa shape index (κ1) is 24.5. The number of nitrogens with zero attached hydrogens (tertiary/aromatic N) is 3. The van der Waals surface area contributed by atoms with Crippen molar-refractivity contribution in [3.05, 3.63) is 70.8 Å². The molecular formula is C26H28F2N4O3. The van der Waals surface area contributed by atoms with Crippen molar-refractivity contribution in [3.63, 3.8) is 0 Å². The first-order valence-electron chi connectivity index (χ1n) is 11.7. The number of hydrogen-bond acceptors (Lipinski definition) is 4. The fourth-order valence-electron chi connectivity index (χ4n) is 4.25. The van der Waals surface area contributed by atoms with E-state index in [9.17, 15) is 23.2 Å². The Morgan fingerprint density at radius 3 is 2.40 bits per heavy atom. The Bertz CT molecular complexity index is 1140. The van der Waals surface area contributed by atoms with E-state index in [0.29, 0.717) is 42.8 Å². The number of nitrogens with one attached hydrogen (secondary N) is 1. The fourth-order valence-corrected chi connectivity index (χ4v) is 4.25. The maximum atomic E-state index is 13.7. The van der Waals surface area contributed by atoms with E-state index in [4.69, 9.17) is 0 Å². The summed E-state index contributed by atoms with van der Waals surface area (Å²) in [6.45, 7) is 2.95. The van der Waals surface area contributed by atoms with E-state index in [1.54, 1.807) is 36.1 Å². The molecule has 2 aromatic rings. The summed E-state index contributed by atoms with van der Waals surface area (Å²) in [7, 11) is 0. The lowest BCUT2D eigenvalue weighted by atomic mass is 9.95. The van der Waals surface area contributed by atoms with Crippen LogP contribution >= 0.6 is 0 Å². The second-order valence-electron chi connectivity index (χ2n) is 8.99. The summed E-state index contributed by atoms with van der Waals surface area (Å²) in [5.41, 5.74) is 2.29. The number of likely N-dealkylation sites (tertiary alicyclic amines) is 1. The van der Waals surface area contributed by atoms with Crippen LogP contribution in [-0.4, -0.2) is 46.4 Å². The highest BCUT2D eigenvalue weighted by Gasteiger charge is 2.31. The molecule has 0 aromatic heterocycles. The van der Waals surface area contributed by atoms with E-state index in [-0.39, 0.29) is 61.2 Å². The average Bonchev–Trinajstić information content (AvgIpc) is 2.87. The molecule has 2 heterocycles. The second-order valence-corrected chi connectivity index (χ2v) is 8.99. The third-order valence-electron chi connectivity index (χ3n) is 6.45. The molecule has 0 spiro atoms. The maximum Gasteiger partial charge on any atom is 0.270 e. The van der Waals surface area contributed by atoms with Crippen molar-refractivity contribution in [1.82, 2.24) is 15.2 Å². The van der Waals surface area contributed by atoms with Crippen LogP contribution in [0.15, 0.2) is 47.6 Å². The average molecular weight is 483 g/mol. The number of aryl methyl sites for hydroxylation is 1. The molecule has 0 saturated carbocycles. The summed E-state index contributed by atoms with van der Waals surface area (Å²) < 4.78 is 26.8. The van der Waals surface area contributed by atoms with Gasteiger partial charge >= 0.3 is 0 Å². The standard InChI is InChI=1S/C26H28F2N4O3/c1-17-2-3-19(14-22(17)28)15-29-25(34)20-10-12-31(13-11-20)26(35)23-8-9-24(33)32(30-23)16-18-4-6-21(27)7-5-18/h2-7,14,20H,8-13,15-16H2,1H3,(H,29,34). The Labute approximate surface area is 202 Å². The summed E-state index contributed by atoms with van der Waals surface area (Å²) in [6, 6.07) is 10.7. The van der Waals surface area contributed by atoms with Crippen LogP contribution in [0.3, 0.4) is 0 Å². The van der Waals surface area contributed by atoms with Crippen LogP contribution in [-0.2, 0) is 27.5 Å². The Hall–Kier alpha value is -3.62. The molecule has 1 saturated heterocycles. The van der Waals surface area contributed by atoms with E-state index in [1.165, 1.54) is 23.2 Å². The van der Waals surface area contributed by atoms with E-state index in [1.807, 2.05) is 0 Å². The number of carbonyl (C=O) groups is 3. The van der Waals surface area contributed by atoms with Gasteiger partial charge in [0.15, 0.2) is 0 Å². The van der Waals surface area contributed by atoms with Crippen LogP contribution < -0.4 is 5.32 Å². The predicted octanol–water partition coefficient (Wildman–Crippen LogP) is 3.31. The molecule has 0 aliphatic carbocycles. The zero-order valence-electron chi connectivity index (χ0n) is 19.6. The first-order chi connectivity index (χ1) is 16.8. The molecule has 2 aliphatic heterocycles. The molecule has 2 aromatic carbocycles. The second kappa shape index (κ2) is 10.8. The molecule has 0 radical (unpaired) electrons. The highest BCUT2D eigenvalue weighted by molar-refractivity contribution is 6.39. The molecule has 184 valence electrons. The summed E-state index contributed by atoms with van der Waals surface area (Å²) in [4.78, 5) is 39.5. The van der Waals surface area contributed by atoms with Gasteiger partial charge in [-0.1, -0.05) is 24.3 Å². The van der Waals surface area contributed by atoms with Gasteiger partial charge in [-0.15, -0.1) is 0 Å². The van der Waals surface area contributed by atoms with E-state index in [0.717, 1.165) is 5.56 Å². The molecule has 9 heteroatoms. The summed E-state index contributed by atoms with van der Waals surface area (Å²) >= 11 is 0. The quantitative estimate of drug-likeness (QED) is 0.686. The third-order valence-corrected chi connectivity index (χ3v) is 6.45. The van der Waals surface area contributed by atoms with Gasteiger partial charge in [0.1, 0.15) is 17.3 Å². The summed E-state index contributed by atoms with van der Waals surface area (Å²) in [5.74, 6) is -1.40. The molecule has 7 nitrogen and oxygen atoms in total. The van der Waals surface area contributed by atoms with Crippen LogP contribution in [0.1, 0.15) is 42.4 Å². The van der Waals surface area contributed by atoms with Gasteiger partial charge < -0.3 is 10.2 Å². The van der Waals surface area contributed by atoms with Gasteiger partial charge in [0.05, 0.1) is 6.54 Å². The minimum absolute atomic E-state index is 0.107. The fraction of sp³-hybridized carbons (Fsp3) is 0.385. The molecule has 3 amide bonds. The van der Waals surface area contributed by atoms with Crippen molar-refractivity contribution < 1.29 is 23.2 Å². The van der Waals surface area contributed by atoms with Crippen LogP contribution in [0.2, 0.25) is 0 Å². The number of rotatable bonds is 6. The predicted molar refractivity (Wildman–Crippen MR) is 126 cm³/mol. The lowest BCUT2D eigenvalue weighted by molar-refractivity contribution is -0.133. The molecule has 1 fully saturated rings. The number of halogens is 2. The van der Waals surface area contributed by atoms with Gasteiger partial charge in [0.25, 0.3) is 5.91 Å². The number of hydrazone groups is 1. The van der Waals surface area contributed by atoms with Crippen LogP contribution in [0.4, 0.5) is 8.78 Å². The first-order valence-corrected chi connectivity index (χ1v) is 11.7. The Morgan fingerprint density at radius 1 is 1.03 bits per heavy atom. The van der Waals surface area contributed by atoms with Crippen molar-refractivity contribution in [3.8, 4) is 0 Å². The number of piperidine rings is 1. The number of hydrogen-bond donors (Lipinski definition) is 1. The van der Waals surface area contributed by atoms with Crippen molar-refractivity contribution >= 4 is 23.4 Å². The zero-order valence-corrected chi connectivity index (χ0v) is 19.6. The van der Waals surface area contributed by atoms with Crippen molar-refractivity contribution in [2.75, 3.05) is 13.1 Å². The van der Waals surface area contributed by atoms with Gasteiger partial charge in [-0.25, -0.2) is 13.8 Å². The van der Waals surface area contributed by atoms with Gasteiger partial charge in [-0.3, -0.25) is 14.4 Å². The number of amides is 3. The Kier molecular flexibility index (Phi) is 7.53. The van der Waals surface area contributed by atoms with Crippen LogP contribution in [0.25, 0.3) is 0 Å². The van der Waals surface area contributed by atoms with Gasteiger partial charge in [0.2, 0.25) is 11.8 Å². The highest BCUT2D eigenvalue weighted by Crippen LogP contribution is 2.21. The van der Waals surface area contributed by atoms with Crippen molar-refractivity contribution in [1.29, 1.82) is 0 Å². The minimum Gasteiger partial charge on any atom is -0.352 e. The molecule has 0 bridgehead atoms. The molecule has 1 N–H and O–H groups in total. The van der Waals surface area contributed by atoms with Gasteiger partial charge in [0, 0.05) is 38.4 Å². The SMILES string of the molecule is Cc1ccc(CNC(=O)C2CCN(C(=O)C3=NN(Cc4ccc(F)cc4)C(=O)CC3)CC2)cc1F. The topological polar surface area (TPSA) is 82.1 Å². The van der Waals surface area contributed by atoms with E-state index in [2.05, 4.69) is 10.4 Å². The molecule has 2 aliphatic rings. The normalized spacial score (nSPS) is 16.8. The Balaban J connectivity index is 1.29. The summed E-state index contributed by atoms with van der Waals surface area (Å²) in [6.07, 6.45) is 1.49. The largest absolute Gasteiger partial charge is 0.352 e. The van der Waals surface area contributed by atoms with Crippen LogP contribution in [0.5, 0.6) is 0 Å². The molecule has 35 heavy (non-hydrogen) atoms. The smallest absolute Gasteiger partial charge is 0.270 e. The maximum absolute atomic E-state index is 13.7. The Morgan fingerprint density at radius 2 is 1.71 bits per heavy atom. The molecular weight excluding hydrogens is 454 g/mol. The summed E-state index contributed by atoms with van der Waals surface area (Å²) in [5, 5.41) is 8.41. The van der Waals surface area contributed by atoms with Crippen molar-refractivity contribution in [2.45, 2.75) is 45.7 Å². The molecule has 0 unspecified atom stereocenters. The van der Waals surface area contributed by atoms with Gasteiger partial charge in [-0.2, -0.15) is 5.10 Å². The van der Waals surface area contributed by atoms with E-state index >= 15 is 0 Å². The third kappa shape index (κ3) is 6.09. The number of benzene rings is 2. The van der Waals surface area contributed by atoms with Crippen molar-refractivity contribution in [2.24, 2.45) is 11.0 Å². The van der Waals surface area contributed by atoms with E-state index < -0.39 is 0 Å². The van der Waals surface area contributed by atoms with Crippen LogP contribution in [0, 0.1) is 24.5 Å². The number of carbonyl (C=O) groups excluding carboxylic acids is 3. The monoisotopic (exact) mass is 482 g/mol. The lowest BCUT2D eigenvalue weighted by Gasteiger charge is -2.32. The zero-order chi connectivity index (χ0) is 24.9. The molecule has 0 atom stereocenters. The van der Waals surface area contributed by atoms with Gasteiger partial charge in [-0.05, 0) is 54.7 Å².